The molecule has 5 N–H and O–H groups in total. The van der Waals surface area contributed by atoms with Crippen LogP contribution in [0.2, 0.25) is 0 Å². The van der Waals surface area contributed by atoms with Gasteiger partial charge in [0.25, 0.3) is 0 Å². The molecular weight excluding hydrogens is 541 g/mol. The van der Waals surface area contributed by atoms with Crippen LogP contribution in [0.3, 0.4) is 0 Å². The molecule has 2 amide bonds. The SMILES string of the molecule is CC.Cc1ncnc(OCCN(C)C)c1-c1ccc(CN/C=C(/NC(=O)Nc2cccc(C(F)(F)F)c2)ON)nc1. The molecule has 0 saturated heterocycles. The van der Waals surface area contributed by atoms with Gasteiger partial charge in [0.1, 0.15) is 12.9 Å². The third-order valence-electron chi connectivity index (χ3n) is 5.22. The van der Waals surface area contributed by atoms with Crippen molar-refractivity contribution in [3.8, 4) is 17.0 Å². The molecule has 0 aliphatic carbocycles. The van der Waals surface area contributed by atoms with Crippen LogP contribution in [0.15, 0.2) is 61.0 Å². The molecule has 0 aliphatic rings. The van der Waals surface area contributed by atoms with Gasteiger partial charge in [-0.15, -0.1) is 0 Å². The number of alkyl halides is 3. The normalized spacial score (nSPS) is 11.3. The van der Waals surface area contributed by atoms with E-state index in [9.17, 15) is 18.0 Å². The summed E-state index contributed by atoms with van der Waals surface area (Å²) in [7, 11) is 3.91. The highest BCUT2D eigenvalue weighted by Crippen LogP contribution is 2.31. The number of carbonyl (C=O) groups is 1. The van der Waals surface area contributed by atoms with Crippen molar-refractivity contribution >= 4 is 11.7 Å². The number of ether oxygens (including phenoxy) is 1. The summed E-state index contributed by atoms with van der Waals surface area (Å²) < 4.78 is 44.4. The topological polar surface area (TPSA) is 140 Å². The molecule has 0 spiro atoms. The lowest BCUT2D eigenvalue weighted by molar-refractivity contribution is -0.137. The standard InChI is InChI=1S/C25H29F3N8O3.C2H6/c1-16-22(23(33-15-32-16)38-10-9-36(2)3)17-7-8-20(31-12-17)13-30-14-21(39-29)35-24(37)34-19-6-4-5-18(11-19)25(26,27)28;1-2/h4-8,11-12,14-15,30H,9-10,13,29H2,1-3H3,(H2,34,35,37);1-2H3/b21-14-;. The van der Waals surface area contributed by atoms with Gasteiger partial charge in [-0.25, -0.2) is 14.8 Å². The molecule has 0 saturated carbocycles. The van der Waals surface area contributed by atoms with Gasteiger partial charge in [-0.05, 0) is 45.3 Å². The van der Waals surface area contributed by atoms with Gasteiger partial charge in [0.2, 0.25) is 11.8 Å². The third kappa shape index (κ3) is 10.6. The van der Waals surface area contributed by atoms with Gasteiger partial charge in [0, 0.05) is 24.0 Å². The van der Waals surface area contributed by atoms with Gasteiger partial charge in [0.05, 0.1) is 35.3 Å². The smallest absolute Gasteiger partial charge is 0.416 e. The zero-order valence-electron chi connectivity index (χ0n) is 23.5. The summed E-state index contributed by atoms with van der Waals surface area (Å²) in [6, 6.07) is 7.01. The van der Waals surface area contributed by atoms with E-state index in [1.807, 2.05) is 45.8 Å². The van der Waals surface area contributed by atoms with E-state index in [2.05, 4.69) is 35.7 Å². The van der Waals surface area contributed by atoms with Crippen molar-refractivity contribution in [2.45, 2.75) is 33.5 Å². The predicted molar refractivity (Wildman–Crippen MR) is 149 cm³/mol. The minimum atomic E-state index is -4.54. The molecule has 3 aromatic rings. The average molecular weight is 577 g/mol. The molecular formula is C27H35F3N8O3. The number of likely N-dealkylation sites (N-methyl/N-ethyl adjacent to an activating group) is 1. The van der Waals surface area contributed by atoms with Gasteiger partial charge < -0.3 is 25.1 Å². The number of hydrogen-bond donors (Lipinski definition) is 4. The number of halogens is 3. The van der Waals surface area contributed by atoms with Crippen molar-refractivity contribution in [2.75, 3.05) is 32.6 Å². The van der Waals surface area contributed by atoms with Crippen molar-refractivity contribution in [3.05, 3.63) is 78.0 Å². The van der Waals surface area contributed by atoms with Crippen LogP contribution in [0.5, 0.6) is 5.88 Å². The molecule has 0 aliphatic heterocycles. The lowest BCUT2D eigenvalue weighted by Crippen LogP contribution is -2.31. The number of nitrogens with two attached hydrogens (primary N) is 1. The second-order valence-electron chi connectivity index (χ2n) is 8.49. The van der Waals surface area contributed by atoms with E-state index in [0.29, 0.717) is 18.2 Å². The summed E-state index contributed by atoms with van der Waals surface area (Å²) in [5, 5.41) is 7.48. The quantitative estimate of drug-likeness (QED) is 0.193. The molecule has 0 unspecified atom stereocenters. The molecule has 2 heterocycles. The van der Waals surface area contributed by atoms with Gasteiger partial charge in [-0.1, -0.05) is 26.0 Å². The zero-order chi connectivity index (χ0) is 30.4. The Bertz CT molecular complexity index is 1290. The predicted octanol–water partition coefficient (Wildman–Crippen LogP) is 4.43. The molecule has 0 bridgehead atoms. The highest BCUT2D eigenvalue weighted by Gasteiger charge is 2.30. The number of rotatable bonds is 11. The average Bonchev–Trinajstić information content (AvgIpc) is 2.94. The Labute approximate surface area is 236 Å². The number of pyridine rings is 1. The molecule has 2 aromatic heterocycles. The summed E-state index contributed by atoms with van der Waals surface area (Å²) >= 11 is 0. The Morgan fingerprint density at radius 1 is 1.12 bits per heavy atom. The maximum absolute atomic E-state index is 12.9. The first-order valence-electron chi connectivity index (χ1n) is 12.7. The number of aryl methyl sites for hydroxylation is 1. The monoisotopic (exact) mass is 576 g/mol. The number of benzene rings is 1. The number of nitrogens with zero attached hydrogens (tertiary/aromatic N) is 4. The first-order chi connectivity index (χ1) is 19.6. The first-order valence-corrected chi connectivity index (χ1v) is 12.7. The molecule has 41 heavy (non-hydrogen) atoms. The second-order valence-corrected chi connectivity index (χ2v) is 8.49. The van der Waals surface area contributed by atoms with Gasteiger partial charge in [-0.2, -0.15) is 19.1 Å². The van der Waals surface area contributed by atoms with Crippen LogP contribution in [0.1, 0.15) is 30.8 Å². The minimum absolute atomic E-state index is 0.0544. The molecule has 0 radical (unpaired) electrons. The van der Waals surface area contributed by atoms with Gasteiger partial charge >= 0.3 is 12.2 Å². The zero-order valence-corrected chi connectivity index (χ0v) is 23.5. The number of aromatic nitrogens is 3. The van der Waals surface area contributed by atoms with Gasteiger partial charge in [-0.3, -0.25) is 10.3 Å². The van der Waals surface area contributed by atoms with Crippen LogP contribution >= 0.6 is 0 Å². The van der Waals surface area contributed by atoms with E-state index >= 15 is 0 Å². The first kappa shape index (κ1) is 32.8. The van der Waals surface area contributed by atoms with Crippen LogP contribution in [-0.2, 0) is 17.6 Å². The fraction of sp³-hybridized carbons (Fsp3) is 0.333. The summed E-state index contributed by atoms with van der Waals surface area (Å²) in [5.41, 5.74) is 1.99. The molecule has 11 nitrogen and oxygen atoms in total. The highest BCUT2D eigenvalue weighted by atomic mass is 19.4. The summed E-state index contributed by atoms with van der Waals surface area (Å²) in [4.78, 5) is 31.7. The van der Waals surface area contributed by atoms with Crippen molar-refractivity contribution in [2.24, 2.45) is 5.90 Å². The lowest BCUT2D eigenvalue weighted by Gasteiger charge is -2.14. The number of hydrogen-bond acceptors (Lipinski definition) is 9. The fourth-order valence-corrected chi connectivity index (χ4v) is 3.29. The highest BCUT2D eigenvalue weighted by molar-refractivity contribution is 5.90. The molecule has 0 atom stereocenters. The van der Waals surface area contributed by atoms with Crippen molar-refractivity contribution in [1.29, 1.82) is 0 Å². The molecule has 14 heteroatoms. The summed E-state index contributed by atoms with van der Waals surface area (Å²) in [6.07, 6.45) is -0.127. The van der Waals surface area contributed by atoms with Crippen molar-refractivity contribution in [3.63, 3.8) is 0 Å². The molecule has 1 aromatic carbocycles. The van der Waals surface area contributed by atoms with Crippen LogP contribution in [-0.4, -0.2) is 53.1 Å². The van der Waals surface area contributed by atoms with E-state index in [4.69, 9.17) is 10.6 Å². The van der Waals surface area contributed by atoms with Crippen LogP contribution in [0.4, 0.5) is 23.7 Å². The van der Waals surface area contributed by atoms with Crippen LogP contribution in [0.25, 0.3) is 11.1 Å². The Morgan fingerprint density at radius 2 is 1.88 bits per heavy atom. The Morgan fingerprint density at radius 3 is 2.51 bits per heavy atom. The van der Waals surface area contributed by atoms with E-state index < -0.39 is 17.8 Å². The van der Waals surface area contributed by atoms with Gasteiger partial charge in [0.15, 0.2) is 0 Å². The lowest BCUT2D eigenvalue weighted by atomic mass is 10.1. The fourth-order valence-electron chi connectivity index (χ4n) is 3.29. The largest absolute Gasteiger partial charge is 0.476 e. The summed E-state index contributed by atoms with van der Waals surface area (Å²) in [5.74, 6) is 5.50. The van der Waals surface area contributed by atoms with E-state index in [0.717, 1.165) is 35.5 Å². The van der Waals surface area contributed by atoms with Crippen LogP contribution in [0, 0.1) is 6.92 Å². The summed E-state index contributed by atoms with van der Waals surface area (Å²) in [6.45, 7) is 7.31. The number of carbonyl (C=O) groups excluding carboxylic acids is 1. The molecule has 0 fully saturated rings. The van der Waals surface area contributed by atoms with Crippen LogP contribution < -0.4 is 26.6 Å². The molecule has 222 valence electrons. The number of anilines is 1. The maximum atomic E-state index is 12.9. The second kappa shape index (κ2) is 16.0. The Hall–Kier alpha value is -4.43. The molecule has 3 rings (SSSR count). The third-order valence-corrected chi connectivity index (χ3v) is 5.22. The van der Waals surface area contributed by atoms with Crippen molar-refractivity contribution < 1.29 is 27.5 Å². The van der Waals surface area contributed by atoms with E-state index in [1.165, 1.54) is 24.7 Å². The number of amides is 2. The van der Waals surface area contributed by atoms with Crippen molar-refractivity contribution in [1.82, 2.24) is 30.5 Å². The Kier molecular flexibility index (Phi) is 12.8. The number of urea groups is 1. The van der Waals surface area contributed by atoms with E-state index in [1.54, 1.807) is 12.3 Å². The Balaban J connectivity index is 0.00000287. The maximum Gasteiger partial charge on any atom is 0.416 e. The number of nitrogens with one attached hydrogen (secondary N) is 3. The van der Waals surface area contributed by atoms with E-state index in [-0.39, 0.29) is 18.1 Å². The minimum Gasteiger partial charge on any atom is -0.476 e.